The van der Waals surface area contributed by atoms with Crippen molar-refractivity contribution in [3.63, 3.8) is 0 Å². The van der Waals surface area contributed by atoms with Crippen LogP contribution in [0.5, 0.6) is 0 Å². The molecule has 0 atom stereocenters. The quantitative estimate of drug-likeness (QED) is 0.694. The number of benzene rings is 1. The Hall–Kier alpha value is -1.78. The summed E-state index contributed by atoms with van der Waals surface area (Å²) in [5.41, 5.74) is -0.893. The SMILES string of the molecule is Cc1nc2c(F)ccc(F)c2c(=O)[nH]1. The van der Waals surface area contributed by atoms with Gasteiger partial charge in [-0.05, 0) is 19.1 Å². The van der Waals surface area contributed by atoms with Crippen molar-refractivity contribution >= 4 is 10.9 Å². The third-order valence-corrected chi connectivity index (χ3v) is 1.88. The van der Waals surface area contributed by atoms with Crippen molar-refractivity contribution < 1.29 is 8.78 Å². The smallest absolute Gasteiger partial charge is 0.261 e. The first-order valence-electron chi connectivity index (χ1n) is 3.94. The zero-order valence-corrected chi connectivity index (χ0v) is 7.27. The highest BCUT2D eigenvalue weighted by molar-refractivity contribution is 5.78. The number of hydrogen-bond acceptors (Lipinski definition) is 2. The van der Waals surface area contributed by atoms with E-state index in [4.69, 9.17) is 0 Å². The molecule has 5 heteroatoms. The molecule has 0 saturated heterocycles. The van der Waals surface area contributed by atoms with Crippen LogP contribution in [0.3, 0.4) is 0 Å². The fraction of sp³-hybridized carbons (Fsp3) is 0.111. The van der Waals surface area contributed by atoms with Crippen molar-refractivity contribution in [1.29, 1.82) is 0 Å². The van der Waals surface area contributed by atoms with Crippen LogP contribution in [0.25, 0.3) is 10.9 Å². The molecular weight excluding hydrogens is 190 g/mol. The van der Waals surface area contributed by atoms with E-state index < -0.39 is 17.2 Å². The van der Waals surface area contributed by atoms with Crippen molar-refractivity contribution in [3.05, 3.63) is 39.9 Å². The minimum atomic E-state index is -0.768. The van der Waals surface area contributed by atoms with Crippen LogP contribution in [0.15, 0.2) is 16.9 Å². The molecule has 3 nitrogen and oxygen atoms in total. The summed E-state index contributed by atoms with van der Waals surface area (Å²) in [6.45, 7) is 1.51. The number of nitrogens with zero attached hydrogens (tertiary/aromatic N) is 1. The van der Waals surface area contributed by atoms with Crippen LogP contribution < -0.4 is 5.56 Å². The Morgan fingerprint density at radius 2 is 1.93 bits per heavy atom. The lowest BCUT2D eigenvalue weighted by atomic mass is 10.2. The van der Waals surface area contributed by atoms with Crippen LogP contribution in [-0.2, 0) is 0 Å². The molecule has 0 fully saturated rings. The van der Waals surface area contributed by atoms with E-state index in [1.165, 1.54) is 6.92 Å². The Labute approximate surface area is 77.4 Å². The average Bonchev–Trinajstić information content (AvgIpc) is 2.10. The van der Waals surface area contributed by atoms with E-state index in [2.05, 4.69) is 9.97 Å². The average molecular weight is 196 g/mol. The zero-order chi connectivity index (χ0) is 10.3. The molecule has 0 aliphatic heterocycles. The number of rotatable bonds is 0. The second-order valence-corrected chi connectivity index (χ2v) is 2.90. The van der Waals surface area contributed by atoms with Crippen LogP contribution in [0.1, 0.15) is 5.82 Å². The van der Waals surface area contributed by atoms with Crippen LogP contribution in [-0.4, -0.2) is 9.97 Å². The van der Waals surface area contributed by atoms with Crippen LogP contribution in [0.2, 0.25) is 0 Å². The Balaban J connectivity index is 3.08. The number of halogens is 2. The predicted octanol–water partition coefficient (Wildman–Crippen LogP) is 1.51. The summed E-state index contributed by atoms with van der Waals surface area (Å²) in [5, 5.41) is -0.337. The van der Waals surface area contributed by atoms with Gasteiger partial charge < -0.3 is 4.98 Å². The number of nitrogens with one attached hydrogen (secondary N) is 1. The van der Waals surface area contributed by atoms with Gasteiger partial charge in [-0.15, -0.1) is 0 Å². The Morgan fingerprint density at radius 1 is 1.29 bits per heavy atom. The van der Waals surface area contributed by atoms with E-state index in [0.29, 0.717) is 0 Å². The van der Waals surface area contributed by atoms with E-state index in [9.17, 15) is 13.6 Å². The minimum absolute atomic E-state index is 0.230. The maximum atomic E-state index is 13.1. The lowest BCUT2D eigenvalue weighted by Gasteiger charge is -2.00. The maximum absolute atomic E-state index is 13.1. The number of fused-ring (bicyclic) bond motifs is 1. The molecule has 0 spiro atoms. The van der Waals surface area contributed by atoms with Crippen LogP contribution in [0.4, 0.5) is 8.78 Å². The van der Waals surface area contributed by atoms with Gasteiger partial charge in [0.25, 0.3) is 5.56 Å². The third kappa shape index (κ3) is 1.17. The van der Waals surface area contributed by atoms with Gasteiger partial charge in [-0.1, -0.05) is 0 Å². The maximum Gasteiger partial charge on any atom is 0.261 e. The van der Waals surface area contributed by atoms with Crippen LogP contribution >= 0.6 is 0 Å². The zero-order valence-electron chi connectivity index (χ0n) is 7.27. The molecule has 0 amide bonds. The fourth-order valence-corrected chi connectivity index (χ4v) is 1.29. The molecule has 0 bridgehead atoms. The number of aromatic amines is 1. The van der Waals surface area contributed by atoms with Gasteiger partial charge in [0, 0.05) is 0 Å². The molecule has 1 aromatic carbocycles. The van der Waals surface area contributed by atoms with Crippen molar-refractivity contribution in [3.8, 4) is 0 Å². The summed E-state index contributed by atoms with van der Waals surface area (Å²) in [5.74, 6) is -1.21. The summed E-state index contributed by atoms with van der Waals surface area (Å²) in [4.78, 5) is 17.3. The molecule has 0 aliphatic carbocycles. The van der Waals surface area contributed by atoms with Crippen molar-refractivity contribution in [1.82, 2.24) is 9.97 Å². The fourth-order valence-electron chi connectivity index (χ4n) is 1.29. The third-order valence-electron chi connectivity index (χ3n) is 1.88. The van der Waals surface area contributed by atoms with E-state index in [1.807, 2.05) is 0 Å². The molecule has 1 N–H and O–H groups in total. The van der Waals surface area contributed by atoms with Crippen molar-refractivity contribution in [2.45, 2.75) is 6.92 Å². The van der Waals surface area contributed by atoms with Gasteiger partial charge in [-0.2, -0.15) is 0 Å². The Kier molecular flexibility index (Phi) is 1.80. The molecule has 0 aliphatic rings. The highest BCUT2D eigenvalue weighted by Crippen LogP contribution is 2.14. The normalized spacial score (nSPS) is 10.8. The van der Waals surface area contributed by atoms with Gasteiger partial charge >= 0.3 is 0 Å². The van der Waals surface area contributed by atoms with E-state index in [-0.39, 0.29) is 16.7 Å². The minimum Gasteiger partial charge on any atom is -0.310 e. The number of aryl methyl sites for hydroxylation is 1. The number of H-pyrrole nitrogens is 1. The monoisotopic (exact) mass is 196 g/mol. The van der Waals surface area contributed by atoms with Crippen LogP contribution in [0, 0.1) is 18.6 Å². The second kappa shape index (κ2) is 2.87. The molecule has 0 radical (unpaired) electrons. The molecule has 2 rings (SSSR count). The molecule has 1 aromatic heterocycles. The van der Waals surface area contributed by atoms with Gasteiger partial charge in [0.1, 0.15) is 28.4 Å². The van der Waals surface area contributed by atoms with Crippen molar-refractivity contribution in [2.24, 2.45) is 0 Å². The summed E-state index contributed by atoms with van der Waals surface area (Å²) in [6, 6.07) is 1.85. The molecule has 72 valence electrons. The summed E-state index contributed by atoms with van der Waals surface area (Å²) >= 11 is 0. The van der Waals surface area contributed by atoms with E-state index >= 15 is 0 Å². The molecule has 2 aromatic rings. The predicted molar refractivity (Wildman–Crippen MR) is 47.0 cm³/mol. The molecule has 0 unspecified atom stereocenters. The number of hydrogen-bond donors (Lipinski definition) is 1. The van der Waals surface area contributed by atoms with E-state index in [0.717, 1.165) is 12.1 Å². The summed E-state index contributed by atoms with van der Waals surface area (Å²) < 4.78 is 26.3. The van der Waals surface area contributed by atoms with Gasteiger partial charge in [-0.3, -0.25) is 4.79 Å². The number of aromatic nitrogens is 2. The van der Waals surface area contributed by atoms with Gasteiger partial charge in [0.2, 0.25) is 0 Å². The molecular formula is C9H6F2N2O. The highest BCUT2D eigenvalue weighted by atomic mass is 19.1. The van der Waals surface area contributed by atoms with Gasteiger partial charge in [0.15, 0.2) is 0 Å². The van der Waals surface area contributed by atoms with Gasteiger partial charge in [0.05, 0.1) is 0 Å². The first-order chi connectivity index (χ1) is 6.59. The van der Waals surface area contributed by atoms with Crippen molar-refractivity contribution in [2.75, 3.05) is 0 Å². The van der Waals surface area contributed by atoms with E-state index in [1.54, 1.807) is 0 Å². The summed E-state index contributed by atoms with van der Waals surface area (Å²) in [6.07, 6.45) is 0. The topological polar surface area (TPSA) is 45.8 Å². The first kappa shape index (κ1) is 8.80. The molecule has 0 saturated carbocycles. The Bertz CT molecular complexity index is 562. The summed E-state index contributed by atoms with van der Waals surface area (Å²) in [7, 11) is 0. The second-order valence-electron chi connectivity index (χ2n) is 2.90. The molecule has 14 heavy (non-hydrogen) atoms. The standard InChI is InChI=1S/C9H6F2N2O/c1-4-12-8-6(11)3-2-5(10)7(8)9(14)13-4/h2-3H,1H3,(H,12,13,14). The highest BCUT2D eigenvalue weighted by Gasteiger charge is 2.11. The largest absolute Gasteiger partial charge is 0.310 e. The Morgan fingerprint density at radius 3 is 2.64 bits per heavy atom. The lowest BCUT2D eigenvalue weighted by Crippen LogP contribution is -2.12. The van der Waals surface area contributed by atoms with Gasteiger partial charge in [-0.25, -0.2) is 13.8 Å². The lowest BCUT2D eigenvalue weighted by molar-refractivity contribution is 0.613. The first-order valence-corrected chi connectivity index (χ1v) is 3.94. The molecule has 1 heterocycles.